The first kappa shape index (κ1) is 15.1. The van der Waals surface area contributed by atoms with E-state index in [2.05, 4.69) is 9.97 Å². The summed E-state index contributed by atoms with van der Waals surface area (Å²) in [5.41, 5.74) is 5.13. The van der Waals surface area contributed by atoms with Gasteiger partial charge < -0.3 is 4.98 Å². The summed E-state index contributed by atoms with van der Waals surface area (Å²) in [7, 11) is 0. The maximum atomic E-state index is 12.9. The largest absolute Gasteiger partial charge is 0.321 e. The van der Waals surface area contributed by atoms with Crippen molar-refractivity contribution in [3.63, 3.8) is 0 Å². The fourth-order valence-corrected chi connectivity index (χ4v) is 2.98. The van der Waals surface area contributed by atoms with Crippen LogP contribution in [-0.2, 0) is 0 Å². The second-order valence-electron chi connectivity index (χ2n) is 5.77. The van der Waals surface area contributed by atoms with E-state index in [-0.39, 0.29) is 5.56 Å². The summed E-state index contributed by atoms with van der Waals surface area (Å²) in [5, 5.41) is 0. The highest BCUT2D eigenvalue weighted by Crippen LogP contribution is 2.31. The number of aromatic amines is 1. The third-order valence-corrected chi connectivity index (χ3v) is 4.17. The Balaban J connectivity index is 2.01. The smallest absolute Gasteiger partial charge is 0.256 e. The first-order valence-corrected chi connectivity index (χ1v) is 8.11. The van der Waals surface area contributed by atoms with E-state index in [0.717, 1.165) is 27.9 Å². The molecule has 1 N–H and O–H groups in total. The minimum atomic E-state index is -0.0978. The van der Waals surface area contributed by atoms with Crippen molar-refractivity contribution in [3.05, 3.63) is 102 Å². The van der Waals surface area contributed by atoms with Gasteiger partial charge >= 0.3 is 0 Å². The lowest BCUT2D eigenvalue weighted by Gasteiger charge is -2.12. The Morgan fingerprint density at radius 1 is 0.680 bits per heavy atom. The standard InChI is InChI=1S/C22H16N2O/c25-22-21(18-9-5-2-6-10-18)19(16-11-13-23-14-12-16)15-20(24-22)17-7-3-1-4-8-17/h1-15H,(H,24,25). The Morgan fingerprint density at radius 2 is 1.28 bits per heavy atom. The molecule has 0 fully saturated rings. The molecular formula is C22H16N2O. The third kappa shape index (κ3) is 3.00. The van der Waals surface area contributed by atoms with E-state index in [9.17, 15) is 4.79 Å². The molecule has 0 radical (unpaired) electrons. The molecule has 0 aliphatic heterocycles. The monoisotopic (exact) mass is 324 g/mol. The molecule has 3 nitrogen and oxygen atoms in total. The Labute approximate surface area is 145 Å². The molecule has 2 heterocycles. The minimum absolute atomic E-state index is 0.0978. The molecule has 0 saturated heterocycles. The molecule has 120 valence electrons. The molecule has 2 aromatic carbocycles. The molecule has 0 amide bonds. The van der Waals surface area contributed by atoms with Gasteiger partial charge in [-0.05, 0) is 40.5 Å². The van der Waals surface area contributed by atoms with Crippen molar-refractivity contribution in [1.29, 1.82) is 0 Å². The van der Waals surface area contributed by atoms with Crippen molar-refractivity contribution in [1.82, 2.24) is 9.97 Å². The molecule has 0 aliphatic rings. The molecular weight excluding hydrogens is 308 g/mol. The average Bonchev–Trinajstić information content (AvgIpc) is 2.69. The van der Waals surface area contributed by atoms with Crippen molar-refractivity contribution in [2.75, 3.05) is 0 Å². The summed E-state index contributed by atoms with van der Waals surface area (Å²) in [4.78, 5) is 20.1. The van der Waals surface area contributed by atoms with Gasteiger partial charge in [0.15, 0.2) is 0 Å². The maximum absolute atomic E-state index is 12.9. The van der Waals surface area contributed by atoms with Gasteiger partial charge in [0.25, 0.3) is 5.56 Å². The number of nitrogens with zero attached hydrogens (tertiary/aromatic N) is 1. The van der Waals surface area contributed by atoms with Crippen LogP contribution in [-0.4, -0.2) is 9.97 Å². The zero-order valence-corrected chi connectivity index (χ0v) is 13.5. The molecule has 0 atom stereocenters. The highest BCUT2D eigenvalue weighted by molar-refractivity contribution is 5.85. The van der Waals surface area contributed by atoms with Crippen molar-refractivity contribution < 1.29 is 0 Å². The number of benzene rings is 2. The molecule has 0 bridgehead atoms. The van der Waals surface area contributed by atoms with Crippen LogP contribution in [0.5, 0.6) is 0 Å². The normalized spacial score (nSPS) is 10.6. The Morgan fingerprint density at radius 3 is 1.92 bits per heavy atom. The number of hydrogen-bond acceptors (Lipinski definition) is 2. The molecule has 4 aromatic rings. The van der Waals surface area contributed by atoms with Gasteiger partial charge in [-0.2, -0.15) is 0 Å². The van der Waals surface area contributed by atoms with Crippen LogP contribution in [0.25, 0.3) is 33.5 Å². The van der Waals surface area contributed by atoms with Gasteiger partial charge in [0.2, 0.25) is 0 Å². The van der Waals surface area contributed by atoms with Crippen LogP contribution in [0.4, 0.5) is 0 Å². The van der Waals surface area contributed by atoms with Crippen LogP contribution in [0.15, 0.2) is 96.1 Å². The molecule has 25 heavy (non-hydrogen) atoms. The highest BCUT2D eigenvalue weighted by atomic mass is 16.1. The fraction of sp³-hybridized carbons (Fsp3) is 0. The molecule has 0 aliphatic carbocycles. The van der Waals surface area contributed by atoms with E-state index in [4.69, 9.17) is 0 Å². The van der Waals surface area contributed by atoms with Gasteiger partial charge in [-0.3, -0.25) is 9.78 Å². The maximum Gasteiger partial charge on any atom is 0.256 e. The molecule has 0 saturated carbocycles. The number of rotatable bonds is 3. The summed E-state index contributed by atoms with van der Waals surface area (Å²) in [6.07, 6.45) is 3.49. The van der Waals surface area contributed by atoms with E-state index >= 15 is 0 Å². The van der Waals surface area contributed by atoms with Gasteiger partial charge in [-0.1, -0.05) is 60.7 Å². The molecule has 2 aromatic heterocycles. The average molecular weight is 324 g/mol. The van der Waals surface area contributed by atoms with Gasteiger partial charge in [-0.15, -0.1) is 0 Å². The SMILES string of the molecule is O=c1[nH]c(-c2ccccc2)cc(-c2ccncc2)c1-c1ccccc1. The number of nitrogens with one attached hydrogen (secondary N) is 1. The highest BCUT2D eigenvalue weighted by Gasteiger charge is 2.14. The van der Waals surface area contributed by atoms with Gasteiger partial charge in [-0.25, -0.2) is 0 Å². The zero-order chi connectivity index (χ0) is 17.1. The number of hydrogen-bond donors (Lipinski definition) is 1. The lowest BCUT2D eigenvalue weighted by atomic mass is 9.95. The van der Waals surface area contributed by atoms with E-state index < -0.39 is 0 Å². The quantitative estimate of drug-likeness (QED) is 0.590. The summed E-state index contributed by atoms with van der Waals surface area (Å²) in [5.74, 6) is 0. The Bertz CT molecular complexity index is 1040. The number of pyridine rings is 2. The van der Waals surface area contributed by atoms with Crippen LogP contribution in [0, 0.1) is 0 Å². The van der Waals surface area contributed by atoms with Crippen LogP contribution < -0.4 is 5.56 Å². The Kier molecular flexibility index (Phi) is 3.97. The van der Waals surface area contributed by atoms with Crippen LogP contribution in [0.2, 0.25) is 0 Å². The first-order valence-electron chi connectivity index (χ1n) is 8.11. The first-order chi connectivity index (χ1) is 12.3. The molecule has 0 spiro atoms. The Hall–Kier alpha value is -3.46. The van der Waals surface area contributed by atoms with Crippen LogP contribution in [0.3, 0.4) is 0 Å². The van der Waals surface area contributed by atoms with Crippen LogP contribution in [0.1, 0.15) is 0 Å². The van der Waals surface area contributed by atoms with E-state index in [0.29, 0.717) is 5.56 Å². The van der Waals surface area contributed by atoms with E-state index in [1.54, 1.807) is 12.4 Å². The van der Waals surface area contributed by atoms with E-state index in [1.807, 2.05) is 78.9 Å². The summed E-state index contributed by atoms with van der Waals surface area (Å²) in [6, 6.07) is 25.5. The van der Waals surface area contributed by atoms with E-state index in [1.165, 1.54) is 0 Å². The molecule has 0 unspecified atom stereocenters. The zero-order valence-electron chi connectivity index (χ0n) is 13.5. The minimum Gasteiger partial charge on any atom is -0.321 e. The van der Waals surface area contributed by atoms with Crippen molar-refractivity contribution in [2.24, 2.45) is 0 Å². The fourth-order valence-electron chi connectivity index (χ4n) is 2.98. The lowest BCUT2D eigenvalue weighted by molar-refractivity contribution is 1.24. The molecule has 4 rings (SSSR count). The predicted molar refractivity (Wildman–Crippen MR) is 101 cm³/mol. The van der Waals surface area contributed by atoms with Crippen molar-refractivity contribution >= 4 is 0 Å². The molecule has 3 heteroatoms. The summed E-state index contributed by atoms with van der Waals surface area (Å²) in [6.45, 7) is 0. The second-order valence-corrected chi connectivity index (χ2v) is 5.77. The van der Waals surface area contributed by atoms with Gasteiger partial charge in [0, 0.05) is 18.1 Å². The van der Waals surface area contributed by atoms with Crippen molar-refractivity contribution in [2.45, 2.75) is 0 Å². The van der Waals surface area contributed by atoms with Gasteiger partial charge in [0.05, 0.1) is 5.56 Å². The summed E-state index contributed by atoms with van der Waals surface area (Å²) >= 11 is 0. The van der Waals surface area contributed by atoms with Crippen molar-refractivity contribution in [3.8, 4) is 33.5 Å². The predicted octanol–water partition coefficient (Wildman–Crippen LogP) is 4.77. The summed E-state index contributed by atoms with van der Waals surface area (Å²) < 4.78 is 0. The second kappa shape index (κ2) is 6.57. The number of H-pyrrole nitrogens is 1. The lowest BCUT2D eigenvalue weighted by Crippen LogP contribution is -2.11. The topological polar surface area (TPSA) is 45.8 Å². The number of aromatic nitrogens is 2. The van der Waals surface area contributed by atoms with Crippen LogP contribution >= 0.6 is 0 Å². The van der Waals surface area contributed by atoms with Gasteiger partial charge in [0.1, 0.15) is 0 Å². The third-order valence-electron chi connectivity index (χ3n) is 4.17.